The Kier molecular flexibility index (Phi) is 5.11. The summed E-state index contributed by atoms with van der Waals surface area (Å²) in [6.45, 7) is 1.97. The summed E-state index contributed by atoms with van der Waals surface area (Å²) in [5.41, 5.74) is 1.90. The number of aryl methyl sites for hydroxylation is 1. The zero-order valence-electron chi connectivity index (χ0n) is 11.7. The Bertz CT molecular complexity index is 683. The molecule has 21 heavy (non-hydrogen) atoms. The first kappa shape index (κ1) is 15.3. The van der Waals surface area contributed by atoms with E-state index in [0.717, 1.165) is 11.1 Å². The van der Waals surface area contributed by atoms with Crippen molar-refractivity contribution in [2.45, 2.75) is 6.92 Å². The van der Waals surface area contributed by atoms with Crippen molar-refractivity contribution < 1.29 is 14.3 Å². The summed E-state index contributed by atoms with van der Waals surface area (Å²) in [5, 5.41) is 0. The highest BCUT2D eigenvalue weighted by Gasteiger charge is 2.06. The lowest BCUT2D eigenvalue weighted by Crippen LogP contribution is -2.04. The highest BCUT2D eigenvalue weighted by atomic mass is 79.9. The Morgan fingerprint density at radius 2 is 2.10 bits per heavy atom. The van der Waals surface area contributed by atoms with Crippen molar-refractivity contribution in [3.63, 3.8) is 0 Å². The lowest BCUT2D eigenvalue weighted by Gasteiger charge is -2.06. The van der Waals surface area contributed by atoms with Crippen LogP contribution < -0.4 is 9.47 Å². The van der Waals surface area contributed by atoms with E-state index in [2.05, 4.69) is 20.9 Å². The minimum atomic E-state index is -0.479. The van der Waals surface area contributed by atoms with Crippen molar-refractivity contribution in [1.82, 2.24) is 4.98 Å². The van der Waals surface area contributed by atoms with Crippen molar-refractivity contribution in [2.75, 3.05) is 7.11 Å². The summed E-state index contributed by atoms with van der Waals surface area (Å²) in [6, 6.07) is 9.10. The van der Waals surface area contributed by atoms with Crippen molar-refractivity contribution in [1.29, 1.82) is 0 Å². The van der Waals surface area contributed by atoms with E-state index in [4.69, 9.17) is 9.47 Å². The van der Waals surface area contributed by atoms with Crippen molar-refractivity contribution in [2.24, 2.45) is 0 Å². The number of ether oxygens (including phenoxy) is 2. The maximum absolute atomic E-state index is 11.8. The van der Waals surface area contributed by atoms with Gasteiger partial charge in [0.25, 0.3) is 0 Å². The van der Waals surface area contributed by atoms with Crippen LogP contribution in [0.2, 0.25) is 0 Å². The second kappa shape index (κ2) is 7.04. The molecule has 1 heterocycles. The molecule has 0 N–H and O–H groups in total. The molecule has 0 radical (unpaired) electrons. The number of benzene rings is 1. The number of methoxy groups -OCH3 is 1. The van der Waals surface area contributed by atoms with Crippen LogP contribution in [0, 0.1) is 6.92 Å². The SMILES string of the molecule is COc1ccc(C)cc1/C=C/C(=O)Oc1cccnc1Br. The number of nitrogens with zero attached hydrogens (tertiary/aromatic N) is 1. The molecule has 0 saturated carbocycles. The fraction of sp³-hybridized carbons (Fsp3) is 0.125. The van der Waals surface area contributed by atoms with Crippen LogP contribution in [-0.4, -0.2) is 18.1 Å². The number of esters is 1. The van der Waals surface area contributed by atoms with Gasteiger partial charge in [-0.05, 0) is 53.2 Å². The molecule has 2 rings (SSSR count). The van der Waals surface area contributed by atoms with Gasteiger partial charge in [-0.15, -0.1) is 0 Å². The van der Waals surface area contributed by atoms with E-state index in [0.29, 0.717) is 16.1 Å². The number of carbonyl (C=O) groups excluding carboxylic acids is 1. The highest BCUT2D eigenvalue weighted by Crippen LogP contribution is 2.23. The van der Waals surface area contributed by atoms with Gasteiger partial charge in [0.1, 0.15) is 10.4 Å². The number of rotatable bonds is 4. The largest absolute Gasteiger partial charge is 0.496 e. The van der Waals surface area contributed by atoms with E-state index in [1.807, 2.05) is 25.1 Å². The molecular formula is C16H14BrNO3. The molecule has 1 aromatic heterocycles. The molecule has 108 valence electrons. The number of hydrogen-bond donors (Lipinski definition) is 0. The Morgan fingerprint density at radius 3 is 2.81 bits per heavy atom. The monoisotopic (exact) mass is 347 g/mol. The Hall–Kier alpha value is -2.14. The molecule has 0 bridgehead atoms. The zero-order valence-corrected chi connectivity index (χ0v) is 13.3. The number of hydrogen-bond acceptors (Lipinski definition) is 4. The molecule has 1 aromatic carbocycles. The van der Waals surface area contributed by atoms with Gasteiger partial charge in [0.2, 0.25) is 0 Å². The molecule has 0 saturated heterocycles. The maximum atomic E-state index is 11.8. The van der Waals surface area contributed by atoms with Gasteiger partial charge >= 0.3 is 5.97 Å². The van der Waals surface area contributed by atoms with E-state index >= 15 is 0 Å². The van der Waals surface area contributed by atoms with Gasteiger partial charge in [0, 0.05) is 17.8 Å². The number of halogens is 1. The molecule has 4 nitrogen and oxygen atoms in total. The molecule has 5 heteroatoms. The molecule has 0 aliphatic carbocycles. The molecule has 2 aromatic rings. The van der Waals surface area contributed by atoms with Gasteiger partial charge in [0.15, 0.2) is 5.75 Å². The van der Waals surface area contributed by atoms with E-state index < -0.39 is 5.97 Å². The highest BCUT2D eigenvalue weighted by molar-refractivity contribution is 9.10. The molecule has 0 aliphatic heterocycles. The van der Waals surface area contributed by atoms with Crippen LogP contribution in [0.15, 0.2) is 47.2 Å². The van der Waals surface area contributed by atoms with Crippen LogP contribution in [-0.2, 0) is 4.79 Å². The average Bonchev–Trinajstić information content (AvgIpc) is 2.48. The first-order valence-electron chi connectivity index (χ1n) is 6.25. The van der Waals surface area contributed by atoms with Crippen LogP contribution in [0.4, 0.5) is 0 Å². The summed E-state index contributed by atoms with van der Waals surface area (Å²) in [6.07, 6.45) is 4.63. The van der Waals surface area contributed by atoms with Gasteiger partial charge < -0.3 is 9.47 Å². The van der Waals surface area contributed by atoms with Gasteiger partial charge in [-0.25, -0.2) is 9.78 Å². The lowest BCUT2D eigenvalue weighted by atomic mass is 10.1. The van der Waals surface area contributed by atoms with Gasteiger partial charge in [-0.3, -0.25) is 0 Å². The van der Waals surface area contributed by atoms with Crippen LogP contribution in [0.25, 0.3) is 6.08 Å². The van der Waals surface area contributed by atoms with Crippen LogP contribution in [0.3, 0.4) is 0 Å². The molecule has 0 unspecified atom stereocenters. The van der Waals surface area contributed by atoms with Crippen molar-refractivity contribution >= 4 is 28.0 Å². The first-order valence-corrected chi connectivity index (χ1v) is 7.04. The number of carbonyl (C=O) groups is 1. The minimum absolute atomic E-state index is 0.378. The molecule has 0 amide bonds. The third kappa shape index (κ3) is 4.16. The van der Waals surface area contributed by atoms with E-state index in [1.54, 1.807) is 31.5 Å². The third-order valence-electron chi connectivity index (χ3n) is 2.72. The minimum Gasteiger partial charge on any atom is -0.496 e. The second-order valence-corrected chi connectivity index (χ2v) is 5.04. The Labute approximate surface area is 131 Å². The predicted molar refractivity (Wildman–Crippen MR) is 84.3 cm³/mol. The number of pyridine rings is 1. The Morgan fingerprint density at radius 1 is 1.29 bits per heavy atom. The quantitative estimate of drug-likeness (QED) is 0.479. The third-order valence-corrected chi connectivity index (χ3v) is 3.32. The van der Waals surface area contributed by atoms with Gasteiger partial charge in [-0.1, -0.05) is 11.6 Å². The van der Waals surface area contributed by atoms with Crippen LogP contribution in [0.1, 0.15) is 11.1 Å². The van der Waals surface area contributed by atoms with E-state index in [1.165, 1.54) is 6.08 Å². The second-order valence-electron chi connectivity index (χ2n) is 4.29. The summed E-state index contributed by atoms with van der Waals surface area (Å²) >= 11 is 3.22. The standard InChI is InChI=1S/C16H14BrNO3/c1-11-5-7-13(20-2)12(10-11)6-8-15(19)21-14-4-3-9-18-16(14)17/h3-10H,1-2H3/b8-6+. The lowest BCUT2D eigenvalue weighted by molar-refractivity contribution is -0.128. The molecular weight excluding hydrogens is 334 g/mol. The number of aromatic nitrogens is 1. The summed E-state index contributed by atoms with van der Waals surface area (Å²) in [4.78, 5) is 15.8. The fourth-order valence-electron chi connectivity index (χ4n) is 1.73. The average molecular weight is 348 g/mol. The smallest absolute Gasteiger partial charge is 0.336 e. The summed E-state index contributed by atoms with van der Waals surface area (Å²) in [5.74, 6) is 0.600. The molecule has 0 spiro atoms. The van der Waals surface area contributed by atoms with Crippen molar-refractivity contribution in [3.05, 3.63) is 58.3 Å². The van der Waals surface area contributed by atoms with Crippen molar-refractivity contribution in [3.8, 4) is 11.5 Å². The van der Waals surface area contributed by atoms with Gasteiger partial charge in [-0.2, -0.15) is 0 Å². The molecule has 0 aliphatic rings. The van der Waals surface area contributed by atoms with Crippen LogP contribution in [0.5, 0.6) is 11.5 Å². The first-order chi connectivity index (χ1) is 10.1. The topological polar surface area (TPSA) is 48.4 Å². The van der Waals surface area contributed by atoms with E-state index in [9.17, 15) is 4.79 Å². The normalized spacial score (nSPS) is 10.6. The zero-order chi connectivity index (χ0) is 15.2. The maximum Gasteiger partial charge on any atom is 0.336 e. The summed E-state index contributed by atoms with van der Waals surface area (Å²) in [7, 11) is 1.59. The Balaban J connectivity index is 2.12. The fourth-order valence-corrected chi connectivity index (χ4v) is 2.06. The summed E-state index contributed by atoms with van der Waals surface area (Å²) < 4.78 is 10.9. The van der Waals surface area contributed by atoms with E-state index in [-0.39, 0.29) is 0 Å². The van der Waals surface area contributed by atoms with Crippen LogP contribution >= 0.6 is 15.9 Å². The van der Waals surface area contributed by atoms with Gasteiger partial charge in [0.05, 0.1) is 7.11 Å². The predicted octanol–water partition coefficient (Wildman–Crippen LogP) is 3.78. The molecule has 0 fully saturated rings. The molecule has 0 atom stereocenters.